The minimum atomic E-state index is -0.989. The zero-order valence-electron chi connectivity index (χ0n) is 12.2. The van der Waals surface area contributed by atoms with Crippen molar-refractivity contribution in [3.63, 3.8) is 0 Å². The first-order valence-electron chi connectivity index (χ1n) is 7.27. The molecule has 0 rings (SSSR count). The van der Waals surface area contributed by atoms with Crippen molar-refractivity contribution in [3.05, 3.63) is 12.2 Å². The molecule has 0 saturated heterocycles. The number of aliphatic carboxylic acids is 1. The number of ether oxygens (including phenoxy) is 1. The van der Waals surface area contributed by atoms with Gasteiger partial charge in [0, 0.05) is 0 Å². The van der Waals surface area contributed by atoms with Gasteiger partial charge in [-0.15, -0.1) is 0 Å². The molecule has 1 N–H and O–H groups in total. The van der Waals surface area contributed by atoms with E-state index in [9.17, 15) is 9.59 Å². The highest BCUT2D eigenvalue weighted by molar-refractivity contribution is 7.80. The van der Waals surface area contributed by atoms with Gasteiger partial charge >= 0.3 is 11.9 Å². The highest BCUT2D eigenvalue weighted by Gasteiger charge is 2.20. The molecule has 0 aliphatic rings. The number of hydrogen-bond donors (Lipinski definition) is 2. The topological polar surface area (TPSA) is 63.6 Å². The van der Waals surface area contributed by atoms with Gasteiger partial charge in [-0.2, -0.15) is 12.6 Å². The van der Waals surface area contributed by atoms with Gasteiger partial charge in [0.25, 0.3) is 0 Å². The minimum Gasteiger partial charge on any atom is -0.481 e. The minimum absolute atomic E-state index is 0.217. The normalized spacial score (nSPS) is 12.5. The summed E-state index contributed by atoms with van der Waals surface area (Å²) < 4.78 is 5.04. The van der Waals surface area contributed by atoms with Crippen LogP contribution in [0.25, 0.3) is 0 Å². The molecule has 0 spiro atoms. The molecule has 116 valence electrons. The summed E-state index contributed by atoms with van der Waals surface area (Å²) >= 11 is 4.03. The molecule has 0 saturated carbocycles. The van der Waals surface area contributed by atoms with Gasteiger partial charge in [0.1, 0.15) is 0 Å². The number of esters is 1. The second-order valence-electron chi connectivity index (χ2n) is 4.73. The van der Waals surface area contributed by atoms with Crippen molar-refractivity contribution in [2.45, 2.75) is 51.9 Å². The van der Waals surface area contributed by atoms with Crippen molar-refractivity contribution < 1.29 is 19.4 Å². The fraction of sp³-hybridized carbons (Fsp3) is 0.733. The van der Waals surface area contributed by atoms with Crippen LogP contribution in [-0.2, 0) is 14.3 Å². The number of allylic oxidation sites excluding steroid dienone is 1. The van der Waals surface area contributed by atoms with Crippen LogP contribution >= 0.6 is 12.6 Å². The lowest BCUT2D eigenvalue weighted by Gasteiger charge is -2.10. The molecule has 0 bridgehead atoms. The number of thiol groups is 1. The van der Waals surface area contributed by atoms with Crippen LogP contribution in [-0.4, -0.2) is 29.4 Å². The number of rotatable bonds is 12. The van der Waals surface area contributed by atoms with Crippen LogP contribution in [0.5, 0.6) is 0 Å². The Morgan fingerprint density at radius 3 is 2.60 bits per heavy atom. The summed E-state index contributed by atoms with van der Waals surface area (Å²) in [7, 11) is 0. The molecular weight excluding hydrogens is 276 g/mol. The van der Waals surface area contributed by atoms with Crippen LogP contribution in [0.4, 0.5) is 0 Å². The van der Waals surface area contributed by atoms with E-state index in [1.54, 1.807) is 6.08 Å². The zero-order chi connectivity index (χ0) is 15.2. The molecule has 1 unspecified atom stereocenters. The van der Waals surface area contributed by atoms with Crippen LogP contribution in [0.3, 0.4) is 0 Å². The summed E-state index contributed by atoms with van der Waals surface area (Å²) in [5, 5.41) is 8.82. The maximum Gasteiger partial charge on any atom is 0.313 e. The van der Waals surface area contributed by atoms with Crippen LogP contribution < -0.4 is 0 Å². The van der Waals surface area contributed by atoms with Crippen molar-refractivity contribution in [1.82, 2.24) is 0 Å². The summed E-state index contributed by atoms with van der Waals surface area (Å²) in [6.07, 6.45) is 9.52. The Balaban J connectivity index is 4.15. The third-order valence-corrected chi connectivity index (χ3v) is 3.15. The lowest BCUT2D eigenvalue weighted by molar-refractivity contribution is -0.151. The van der Waals surface area contributed by atoms with E-state index in [-0.39, 0.29) is 6.42 Å². The van der Waals surface area contributed by atoms with Crippen molar-refractivity contribution in [3.8, 4) is 0 Å². The molecule has 1 atom stereocenters. The Hall–Kier alpha value is -0.970. The summed E-state index contributed by atoms with van der Waals surface area (Å²) in [5.74, 6) is -1.49. The monoisotopic (exact) mass is 302 g/mol. The number of carboxylic acids is 1. The van der Waals surface area contributed by atoms with Gasteiger partial charge in [-0.1, -0.05) is 38.3 Å². The molecule has 0 aliphatic heterocycles. The molecule has 0 amide bonds. The molecule has 0 aromatic heterocycles. The number of hydrogen-bond acceptors (Lipinski definition) is 4. The SMILES string of the molecule is CCCCCCC=CC(CC(=O)O)C(=O)OCCCS. The predicted octanol–water partition coefficient (Wildman–Crippen LogP) is 3.47. The smallest absolute Gasteiger partial charge is 0.313 e. The van der Waals surface area contributed by atoms with Crippen LogP contribution in [0, 0.1) is 5.92 Å². The average Bonchev–Trinajstić information content (AvgIpc) is 2.41. The second kappa shape index (κ2) is 13.0. The Bertz CT molecular complexity index is 302. The standard InChI is InChI=1S/C15H26O4S/c1-2-3-4-5-6-7-9-13(12-14(16)17)15(18)19-10-8-11-20/h7,9,13,20H,2-6,8,10-12H2,1H3,(H,16,17). The summed E-state index contributed by atoms with van der Waals surface area (Å²) in [6.45, 7) is 2.45. The molecule has 0 radical (unpaired) electrons. The zero-order valence-corrected chi connectivity index (χ0v) is 13.1. The Morgan fingerprint density at radius 2 is 2.00 bits per heavy atom. The number of carbonyl (C=O) groups excluding carboxylic acids is 1. The highest BCUT2D eigenvalue weighted by atomic mass is 32.1. The molecule has 0 fully saturated rings. The lowest BCUT2D eigenvalue weighted by atomic mass is 10.0. The summed E-state index contributed by atoms with van der Waals surface area (Å²) in [5.41, 5.74) is 0. The fourth-order valence-corrected chi connectivity index (χ4v) is 1.84. The van der Waals surface area contributed by atoms with Crippen molar-refractivity contribution in [2.75, 3.05) is 12.4 Å². The van der Waals surface area contributed by atoms with E-state index in [0.717, 1.165) is 19.3 Å². The molecule has 0 aromatic carbocycles. The van der Waals surface area contributed by atoms with Gasteiger partial charge in [0.05, 0.1) is 18.9 Å². The van der Waals surface area contributed by atoms with Crippen LogP contribution in [0.15, 0.2) is 12.2 Å². The largest absolute Gasteiger partial charge is 0.481 e. The molecule has 0 aromatic rings. The van der Waals surface area contributed by atoms with Crippen molar-refractivity contribution in [2.24, 2.45) is 5.92 Å². The van der Waals surface area contributed by atoms with E-state index >= 15 is 0 Å². The summed E-state index contributed by atoms with van der Waals surface area (Å²) in [4.78, 5) is 22.5. The molecule has 5 heteroatoms. The fourth-order valence-electron chi connectivity index (χ4n) is 1.71. The molecule has 0 heterocycles. The van der Waals surface area contributed by atoms with Gasteiger partial charge in [-0.3, -0.25) is 9.59 Å². The van der Waals surface area contributed by atoms with Crippen LogP contribution in [0.1, 0.15) is 51.9 Å². The third kappa shape index (κ3) is 10.9. The number of carboxylic acid groups (broad SMARTS) is 1. The highest BCUT2D eigenvalue weighted by Crippen LogP contribution is 2.11. The predicted molar refractivity (Wildman–Crippen MR) is 83.1 cm³/mol. The first kappa shape index (κ1) is 19.0. The van der Waals surface area contributed by atoms with Crippen LogP contribution in [0.2, 0.25) is 0 Å². The Kier molecular flexibility index (Phi) is 12.4. The quantitative estimate of drug-likeness (QED) is 0.251. The first-order chi connectivity index (χ1) is 9.61. The third-order valence-electron chi connectivity index (χ3n) is 2.84. The van der Waals surface area contributed by atoms with E-state index in [4.69, 9.17) is 9.84 Å². The average molecular weight is 302 g/mol. The van der Waals surface area contributed by atoms with Gasteiger partial charge in [0.15, 0.2) is 0 Å². The Labute approximate surface area is 127 Å². The Morgan fingerprint density at radius 1 is 1.25 bits per heavy atom. The molecule has 0 aliphatic carbocycles. The molecule has 20 heavy (non-hydrogen) atoms. The lowest BCUT2D eigenvalue weighted by Crippen LogP contribution is -2.19. The van der Waals surface area contributed by atoms with E-state index in [0.29, 0.717) is 18.8 Å². The van der Waals surface area contributed by atoms with E-state index in [2.05, 4.69) is 19.6 Å². The van der Waals surface area contributed by atoms with E-state index < -0.39 is 17.9 Å². The van der Waals surface area contributed by atoms with Gasteiger partial charge in [-0.05, 0) is 25.0 Å². The second-order valence-corrected chi connectivity index (χ2v) is 5.17. The summed E-state index contributed by atoms with van der Waals surface area (Å²) in [6, 6.07) is 0. The van der Waals surface area contributed by atoms with Gasteiger partial charge in [-0.25, -0.2) is 0 Å². The van der Waals surface area contributed by atoms with Gasteiger partial charge < -0.3 is 9.84 Å². The number of unbranched alkanes of at least 4 members (excludes halogenated alkanes) is 4. The first-order valence-corrected chi connectivity index (χ1v) is 7.91. The van der Waals surface area contributed by atoms with E-state index in [1.807, 2.05) is 6.08 Å². The molecular formula is C15H26O4S. The van der Waals surface area contributed by atoms with Crippen molar-refractivity contribution in [1.29, 1.82) is 0 Å². The van der Waals surface area contributed by atoms with Gasteiger partial charge in [0.2, 0.25) is 0 Å². The molecule has 4 nitrogen and oxygen atoms in total. The van der Waals surface area contributed by atoms with Crippen molar-refractivity contribution >= 4 is 24.6 Å². The van der Waals surface area contributed by atoms with E-state index in [1.165, 1.54) is 12.8 Å². The maximum atomic E-state index is 11.8. The number of carbonyl (C=O) groups is 2. The maximum absolute atomic E-state index is 11.8.